The van der Waals surface area contributed by atoms with Crippen LogP contribution in [0.4, 0.5) is 0 Å². The molecule has 23 heavy (non-hydrogen) atoms. The molecule has 3 rings (SSSR count). The molecule has 1 aliphatic heterocycles. The monoisotopic (exact) mass is 349 g/mol. The van der Waals surface area contributed by atoms with Gasteiger partial charge in [-0.2, -0.15) is 0 Å². The van der Waals surface area contributed by atoms with Gasteiger partial charge in [0.2, 0.25) is 5.91 Å². The molecule has 1 unspecified atom stereocenters. The van der Waals surface area contributed by atoms with Crippen LogP contribution < -0.4 is 0 Å². The molecule has 0 radical (unpaired) electrons. The normalized spacial score (nSPS) is 17.2. The molecule has 2 aromatic rings. The van der Waals surface area contributed by atoms with Crippen molar-refractivity contribution in [3.05, 3.63) is 17.3 Å². The van der Waals surface area contributed by atoms with E-state index in [1.54, 1.807) is 29.4 Å². The zero-order chi connectivity index (χ0) is 16.2. The molecule has 0 aliphatic carbocycles. The van der Waals surface area contributed by atoms with Gasteiger partial charge in [0.05, 0.1) is 5.25 Å². The smallest absolute Gasteiger partial charge is 0.235 e. The quantitative estimate of drug-likeness (QED) is 0.615. The Balaban J connectivity index is 1.75. The molecule has 124 valence electrons. The van der Waals surface area contributed by atoms with E-state index in [4.69, 9.17) is 0 Å². The molecule has 0 N–H and O–H groups in total. The first-order valence-electron chi connectivity index (χ1n) is 8.38. The number of hydrogen-bond donors (Lipinski definition) is 0. The summed E-state index contributed by atoms with van der Waals surface area (Å²) in [6.45, 7) is 5.96. The second-order valence-corrected chi connectivity index (χ2v) is 8.41. The number of hydrogen-bond acceptors (Lipinski definition) is 5. The molecule has 1 amide bonds. The summed E-state index contributed by atoms with van der Waals surface area (Å²) in [6, 6.07) is 2.17. The average Bonchev–Trinajstić information content (AvgIpc) is 2.81. The van der Waals surface area contributed by atoms with Crippen molar-refractivity contribution < 1.29 is 4.79 Å². The first-order chi connectivity index (χ1) is 11.2. The summed E-state index contributed by atoms with van der Waals surface area (Å²) in [5.41, 5.74) is 0. The topological polar surface area (TPSA) is 46.1 Å². The van der Waals surface area contributed by atoms with Crippen LogP contribution in [-0.2, 0) is 11.2 Å². The number of rotatable bonds is 4. The Labute approximate surface area is 145 Å². The SMILES string of the molecule is CCc1cc2c(SC(C)C(=O)N3CCCCCC3)ncnc2s1. The number of likely N-dealkylation sites (tertiary alicyclic amines) is 1. The first-order valence-corrected chi connectivity index (χ1v) is 10.1. The number of amides is 1. The maximum Gasteiger partial charge on any atom is 0.235 e. The zero-order valence-corrected chi connectivity index (χ0v) is 15.4. The minimum Gasteiger partial charge on any atom is -0.342 e. The van der Waals surface area contributed by atoms with E-state index in [-0.39, 0.29) is 11.2 Å². The summed E-state index contributed by atoms with van der Waals surface area (Å²) >= 11 is 3.29. The number of aryl methyl sites for hydroxylation is 1. The number of carbonyl (C=O) groups is 1. The van der Waals surface area contributed by atoms with Crippen molar-refractivity contribution >= 4 is 39.2 Å². The molecule has 1 saturated heterocycles. The highest BCUT2D eigenvalue weighted by molar-refractivity contribution is 8.00. The van der Waals surface area contributed by atoms with Gasteiger partial charge in [-0.15, -0.1) is 11.3 Å². The highest BCUT2D eigenvalue weighted by Gasteiger charge is 2.23. The van der Waals surface area contributed by atoms with E-state index < -0.39 is 0 Å². The lowest BCUT2D eigenvalue weighted by molar-refractivity contribution is -0.130. The number of thiophene rings is 1. The lowest BCUT2D eigenvalue weighted by atomic mass is 10.2. The van der Waals surface area contributed by atoms with Gasteiger partial charge in [0, 0.05) is 23.4 Å². The van der Waals surface area contributed by atoms with Crippen LogP contribution in [0.25, 0.3) is 10.2 Å². The Hall–Kier alpha value is -1.14. The molecular formula is C17H23N3OS2. The molecular weight excluding hydrogens is 326 g/mol. The van der Waals surface area contributed by atoms with Crippen LogP contribution in [0.1, 0.15) is 44.4 Å². The highest BCUT2D eigenvalue weighted by Crippen LogP contribution is 2.33. The Kier molecular flexibility index (Phi) is 5.54. The van der Waals surface area contributed by atoms with Crippen LogP contribution in [0, 0.1) is 0 Å². The van der Waals surface area contributed by atoms with E-state index in [9.17, 15) is 4.79 Å². The van der Waals surface area contributed by atoms with Crippen LogP contribution in [0.5, 0.6) is 0 Å². The van der Waals surface area contributed by atoms with E-state index in [0.29, 0.717) is 0 Å². The van der Waals surface area contributed by atoms with Gasteiger partial charge in [-0.3, -0.25) is 4.79 Å². The van der Waals surface area contributed by atoms with Crippen molar-refractivity contribution in [2.45, 2.75) is 56.2 Å². The van der Waals surface area contributed by atoms with Crippen LogP contribution in [0.2, 0.25) is 0 Å². The summed E-state index contributed by atoms with van der Waals surface area (Å²) in [6.07, 6.45) is 7.37. The molecule has 4 nitrogen and oxygen atoms in total. The third-order valence-electron chi connectivity index (χ3n) is 4.25. The number of carbonyl (C=O) groups excluding carboxylic acids is 1. The number of thioether (sulfide) groups is 1. The fourth-order valence-electron chi connectivity index (χ4n) is 2.92. The fourth-order valence-corrected chi connectivity index (χ4v) is 4.89. The Bertz CT molecular complexity index is 678. The molecule has 1 fully saturated rings. The van der Waals surface area contributed by atoms with Crippen molar-refractivity contribution in [3.63, 3.8) is 0 Å². The van der Waals surface area contributed by atoms with Gasteiger partial charge in [-0.1, -0.05) is 31.5 Å². The predicted octanol–water partition coefficient (Wildman–Crippen LogP) is 4.14. The number of nitrogens with zero attached hydrogens (tertiary/aromatic N) is 3. The average molecular weight is 350 g/mol. The number of aromatic nitrogens is 2. The van der Waals surface area contributed by atoms with Crippen molar-refractivity contribution in [1.29, 1.82) is 0 Å². The molecule has 0 saturated carbocycles. The van der Waals surface area contributed by atoms with Crippen LogP contribution in [0.15, 0.2) is 17.4 Å². The van der Waals surface area contributed by atoms with Crippen molar-refractivity contribution in [2.75, 3.05) is 13.1 Å². The lowest BCUT2D eigenvalue weighted by Gasteiger charge is -2.23. The van der Waals surface area contributed by atoms with E-state index in [0.717, 1.165) is 47.6 Å². The minimum atomic E-state index is -0.101. The lowest BCUT2D eigenvalue weighted by Crippen LogP contribution is -2.37. The summed E-state index contributed by atoms with van der Waals surface area (Å²) < 4.78 is 0. The van der Waals surface area contributed by atoms with Crippen molar-refractivity contribution in [2.24, 2.45) is 0 Å². The van der Waals surface area contributed by atoms with Crippen LogP contribution in [-0.4, -0.2) is 39.1 Å². The summed E-state index contributed by atoms with van der Waals surface area (Å²) in [7, 11) is 0. The standard InChI is InChI=1S/C17H23N3OS2/c1-3-13-10-14-15(18-11-19-16(14)23-13)22-12(2)17(21)20-8-6-4-5-7-9-20/h10-12H,3-9H2,1-2H3. The summed E-state index contributed by atoms with van der Waals surface area (Å²) in [5.74, 6) is 0.245. The summed E-state index contributed by atoms with van der Waals surface area (Å²) in [4.78, 5) is 25.9. The largest absolute Gasteiger partial charge is 0.342 e. The van der Waals surface area contributed by atoms with E-state index >= 15 is 0 Å². The summed E-state index contributed by atoms with van der Waals surface area (Å²) in [5, 5.41) is 1.92. The third kappa shape index (κ3) is 3.86. The van der Waals surface area contributed by atoms with Gasteiger partial charge in [-0.25, -0.2) is 9.97 Å². The van der Waals surface area contributed by atoms with Crippen LogP contribution in [0.3, 0.4) is 0 Å². The van der Waals surface area contributed by atoms with Gasteiger partial charge >= 0.3 is 0 Å². The second-order valence-electron chi connectivity index (χ2n) is 5.96. The Morgan fingerprint density at radius 3 is 2.74 bits per heavy atom. The highest BCUT2D eigenvalue weighted by atomic mass is 32.2. The predicted molar refractivity (Wildman–Crippen MR) is 97.2 cm³/mol. The van der Waals surface area contributed by atoms with Gasteiger partial charge in [0.25, 0.3) is 0 Å². The molecule has 3 heterocycles. The molecule has 2 aromatic heterocycles. The molecule has 0 spiro atoms. The minimum absolute atomic E-state index is 0.101. The van der Waals surface area contributed by atoms with Crippen molar-refractivity contribution in [1.82, 2.24) is 14.9 Å². The van der Waals surface area contributed by atoms with Gasteiger partial charge in [0.15, 0.2) is 0 Å². The Morgan fingerprint density at radius 2 is 2.04 bits per heavy atom. The Morgan fingerprint density at radius 1 is 1.30 bits per heavy atom. The fraction of sp³-hybridized carbons (Fsp3) is 0.588. The van der Waals surface area contributed by atoms with Crippen molar-refractivity contribution in [3.8, 4) is 0 Å². The van der Waals surface area contributed by atoms with E-state index in [2.05, 4.69) is 23.0 Å². The van der Waals surface area contributed by atoms with E-state index in [1.807, 2.05) is 11.8 Å². The van der Waals surface area contributed by atoms with Gasteiger partial charge < -0.3 is 4.90 Å². The van der Waals surface area contributed by atoms with Gasteiger partial charge in [0.1, 0.15) is 16.2 Å². The maximum absolute atomic E-state index is 12.7. The first kappa shape index (κ1) is 16.7. The maximum atomic E-state index is 12.7. The zero-order valence-electron chi connectivity index (χ0n) is 13.7. The molecule has 1 atom stereocenters. The third-order valence-corrected chi connectivity index (χ3v) is 6.54. The second kappa shape index (κ2) is 7.62. The molecule has 1 aliphatic rings. The van der Waals surface area contributed by atoms with E-state index in [1.165, 1.54) is 17.7 Å². The van der Waals surface area contributed by atoms with Crippen LogP contribution >= 0.6 is 23.1 Å². The molecule has 6 heteroatoms. The molecule has 0 bridgehead atoms. The van der Waals surface area contributed by atoms with Gasteiger partial charge in [-0.05, 0) is 32.3 Å². The molecule has 0 aromatic carbocycles. The number of fused-ring (bicyclic) bond motifs is 1.